The summed E-state index contributed by atoms with van der Waals surface area (Å²) < 4.78 is 51.7. The van der Waals surface area contributed by atoms with Gasteiger partial charge in [0.15, 0.2) is 11.5 Å². The molecule has 3 aromatic rings. The van der Waals surface area contributed by atoms with Gasteiger partial charge in [0.25, 0.3) is 17.7 Å². The van der Waals surface area contributed by atoms with Gasteiger partial charge >= 0.3 is 0 Å². The lowest BCUT2D eigenvalue weighted by atomic mass is 9.87. The van der Waals surface area contributed by atoms with Gasteiger partial charge in [0, 0.05) is 31.2 Å². The molecule has 4 aliphatic heterocycles. The van der Waals surface area contributed by atoms with Crippen molar-refractivity contribution in [3.63, 3.8) is 0 Å². The standard InChI is InChI=1S/C47H56FN5O10S/c1-4-63-40-25-30(15-17-39(40)62-2)38(28-64(3,60)61)53-46(58)32-12-11-13-36(43(32)47(53)59)49-41(54)14-9-7-5-6-8-10-21-51-22-19-29(20-23-51)33-24-31-27-52(45(57)34(31)26-35(33)48)37-16-18-42(55)50-44(37)56/h11-13,15,17,24-26,29,37-38H,4-10,14,16,18-23,27-28H2,1-3H3,(H,49,54)(H,50,55,56). The van der Waals surface area contributed by atoms with Gasteiger partial charge in [-0.2, -0.15) is 0 Å². The molecule has 4 heterocycles. The number of sulfone groups is 1. The Kier molecular flexibility index (Phi) is 14.5. The predicted molar refractivity (Wildman–Crippen MR) is 235 cm³/mol. The maximum Gasteiger partial charge on any atom is 0.264 e. The molecule has 342 valence electrons. The van der Waals surface area contributed by atoms with Gasteiger partial charge < -0.3 is 24.6 Å². The number of halogens is 1. The van der Waals surface area contributed by atoms with E-state index < -0.39 is 51.2 Å². The smallest absolute Gasteiger partial charge is 0.264 e. The molecule has 4 aliphatic rings. The Morgan fingerprint density at radius 1 is 0.891 bits per heavy atom. The minimum absolute atomic E-state index is 0.0234. The number of amides is 6. The summed E-state index contributed by atoms with van der Waals surface area (Å²) in [7, 11) is -2.21. The van der Waals surface area contributed by atoms with Crippen LogP contribution in [0.3, 0.4) is 0 Å². The number of benzene rings is 3. The van der Waals surface area contributed by atoms with Crippen LogP contribution in [0, 0.1) is 5.82 Å². The van der Waals surface area contributed by atoms with Crippen molar-refractivity contribution in [3.8, 4) is 11.5 Å². The third kappa shape index (κ3) is 10.3. The number of unbranched alkanes of at least 4 members (excludes halogenated alkanes) is 5. The SMILES string of the molecule is CCOc1cc(C(CS(C)(=O)=O)N2C(=O)c3cccc(NC(=O)CCCCCCCCN4CCC(c5cc6c(cc5F)C(=O)N(C5CCC(=O)NC5=O)C6)CC4)c3C2=O)ccc1OC. The van der Waals surface area contributed by atoms with E-state index in [1.54, 1.807) is 43.3 Å². The van der Waals surface area contributed by atoms with E-state index in [-0.39, 0.29) is 71.8 Å². The number of fused-ring (bicyclic) bond motifs is 2. The summed E-state index contributed by atoms with van der Waals surface area (Å²) in [5.74, 6) is -2.97. The van der Waals surface area contributed by atoms with Crippen LogP contribution in [-0.4, -0.2) is 110 Å². The topological polar surface area (TPSA) is 189 Å². The molecule has 7 rings (SSSR count). The lowest BCUT2D eigenvalue weighted by molar-refractivity contribution is -0.137. The van der Waals surface area contributed by atoms with Gasteiger partial charge in [0.2, 0.25) is 17.7 Å². The van der Waals surface area contributed by atoms with E-state index in [9.17, 15) is 37.2 Å². The number of hydrogen-bond acceptors (Lipinski definition) is 11. The summed E-state index contributed by atoms with van der Waals surface area (Å²) >= 11 is 0. The lowest BCUT2D eigenvalue weighted by Gasteiger charge is -2.32. The first-order valence-corrected chi connectivity index (χ1v) is 24.2. The summed E-state index contributed by atoms with van der Waals surface area (Å²) in [6.07, 6.45) is 8.83. The Hall–Kier alpha value is -5.68. The van der Waals surface area contributed by atoms with E-state index >= 15 is 4.39 Å². The van der Waals surface area contributed by atoms with E-state index in [1.807, 2.05) is 0 Å². The van der Waals surface area contributed by atoms with Crippen LogP contribution >= 0.6 is 0 Å². The van der Waals surface area contributed by atoms with Crippen molar-refractivity contribution in [2.24, 2.45) is 0 Å². The Balaban J connectivity index is 0.829. The van der Waals surface area contributed by atoms with Gasteiger partial charge in [-0.3, -0.25) is 39.0 Å². The molecular formula is C47H56FN5O10S. The average Bonchev–Trinajstić information content (AvgIpc) is 3.71. The number of carbonyl (C=O) groups excluding carboxylic acids is 6. The fourth-order valence-corrected chi connectivity index (χ4v) is 10.3. The molecule has 2 saturated heterocycles. The number of imide groups is 2. The van der Waals surface area contributed by atoms with E-state index in [2.05, 4.69) is 15.5 Å². The quantitative estimate of drug-likeness (QED) is 0.107. The molecule has 0 bridgehead atoms. The molecule has 0 spiro atoms. The second kappa shape index (κ2) is 20.0. The van der Waals surface area contributed by atoms with E-state index in [4.69, 9.17) is 9.47 Å². The van der Waals surface area contributed by atoms with Crippen LogP contribution < -0.4 is 20.1 Å². The van der Waals surface area contributed by atoms with Crippen molar-refractivity contribution < 1.29 is 51.0 Å². The second-order valence-corrected chi connectivity index (χ2v) is 19.3. The van der Waals surface area contributed by atoms with Crippen molar-refractivity contribution in [3.05, 3.63) is 87.7 Å². The summed E-state index contributed by atoms with van der Waals surface area (Å²) in [6.45, 7) is 4.96. The first-order chi connectivity index (χ1) is 30.7. The number of anilines is 1. The van der Waals surface area contributed by atoms with Crippen molar-refractivity contribution in [1.29, 1.82) is 0 Å². The molecule has 0 aliphatic carbocycles. The Morgan fingerprint density at radius 3 is 2.33 bits per heavy atom. The Labute approximate surface area is 372 Å². The molecule has 2 unspecified atom stereocenters. The fourth-order valence-electron chi connectivity index (χ4n) is 9.40. The van der Waals surface area contributed by atoms with Crippen LogP contribution in [0.4, 0.5) is 10.1 Å². The first kappa shape index (κ1) is 46.3. The number of hydrogen-bond donors (Lipinski definition) is 2. The number of rotatable bonds is 19. The molecule has 0 aromatic heterocycles. The number of nitrogens with one attached hydrogen (secondary N) is 2. The zero-order chi connectivity index (χ0) is 45.7. The number of methoxy groups -OCH3 is 1. The molecule has 3 aromatic carbocycles. The van der Waals surface area contributed by atoms with Crippen molar-refractivity contribution in [2.45, 2.75) is 102 Å². The predicted octanol–water partition coefficient (Wildman–Crippen LogP) is 5.92. The van der Waals surface area contributed by atoms with E-state index in [0.29, 0.717) is 35.7 Å². The Bertz CT molecular complexity index is 2440. The van der Waals surface area contributed by atoms with Gasteiger partial charge in [-0.1, -0.05) is 43.9 Å². The van der Waals surface area contributed by atoms with Crippen molar-refractivity contribution >= 4 is 51.0 Å². The highest BCUT2D eigenvalue weighted by atomic mass is 32.2. The maximum absolute atomic E-state index is 15.4. The number of nitrogens with zero attached hydrogens (tertiary/aromatic N) is 3. The molecule has 0 radical (unpaired) electrons. The van der Waals surface area contributed by atoms with Crippen molar-refractivity contribution in [2.75, 3.05) is 50.7 Å². The van der Waals surface area contributed by atoms with Crippen LogP contribution in [0.1, 0.15) is 137 Å². The van der Waals surface area contributed by atoms with Gasteiger partial charge in [0.1, 0.15) is 21.7 Å². The van der Waals surface area contributed by atoms with Crippen LogP contribution in [-0.2, 0) is 30.8 Å². The molecule has 0 saturated carbocycles. The zero-order valence-corrected chi connectivity index (χ0v) is 37.4. The van der Waals surface area contributed by atoms with Gasteiger partial charge in [-0.15, -0.1) is 0 Å². The third-order valence-corrected chi connectivity index (χ3v) is 13.6. The molecule has 17 heteroatoms. The lowest BCUT2D eigenvalue weighted by Crippen LogP contribution is -2.52. The highest BCUT2D eigenvalue weighted by Gasteiger charge is 2.44. The molecule has 2 fully saturated rings. The third-order valence-electron chi connectivity index (χ3n) is 12.7. The van der Waals surface area contributed by atoms with Crippen molar-refractivity contribution in [1.82, 2.24) is 20.0 Å². The first-order valence-electron chi connectivity index (χ1n) is 22.2. The van der Waals surface area contributed by atoms with Crippen LogP contribution in [0.2, 0.25) is 0 Å². The van der Waals surface area contributed by atoms with Crippen LogP contribution in [0.25, 0.3) is 0 Å². The number of likely N-dealkylation sites (tertiary alicyclic amines) is 1. The molecule has 2 N–H and O–H groups in total. The average molecular weight is 902 g/mol. The van der Waals surface area contributed by atoms with Gasteiger partial charge in [-0.05, 0) is 112 Å². The van der Waals surface area contributed by atoms with Gasteiger partial charge in [-0.25, -0.2) is 12.8 Å². The highest BCUT2D eigenvalue weighted by molar-refractivity contribution is 7.90. The molecule has 64 heavy (non-hydrogen) atoms. The molecule has 6 amide bonds. The maximum atomic E-state index is 15.4. The fraction of sp³-hybridized carbons (Fsp3) is 0.489. The second-order valence-electron chi connectivity index (χ2n) is 17.1. The Morgan fingerprint density at radius 2 is 1.62 bits per heavy atom. The van der Waals surface area contributed by atoms with Crippen LogP contribution in [0.5, 0.6) is 11.5 Å². The summed E-state index contributed by atoms with van der Waals surface area (Å²) in [6, 6.07) is 10.6. The number of ether oxygens (including phenoxy) is 2. The monoisotopic (exact) mass is 901 g/mol. The zero-order valence-electron chi connectivity index (χ0n) is 36.6. The van der Waals surface area contributed by atoms with E-state index in [0.717, 1.165) is 81.3 Å². The minimum atomic E-state index is -3.68. The number of piperidine rings is 2. The molecular weight excluding hydrogens is 846 g/mol. The van der Waals surface area contributed by atoms with E-state index in [1.165, 1.54) is 24.1 Å². The summed E-state index contributed by atoms with van der Waals surface area (Å²) in [5, 5.41) is 5.12. The molecule has 2 atom stereocenters. The minimum Gasteiger partial charge on any atom is -0.493 e. The largest absolute Gasteiger partial charge is 0.493 e. The number of carbonyl (C=O) groups is 6. The normalized spacial score (nSPS) is 18.6. The van der Waals surface area contributed by atoms with Crippen LogP contribution in [0.15, 0.2) is 48.5 Å². The highest BCUT2D eigenvalue weighted by Crippen LogP contribution is 2.39. The molecule has 15 nitrogen and oxygen atoms in total. The summed E-state index contributed by atoms with van der Waals surface area (Å²) in [4.78, 5) is 82.8. The summed E-state index contributed by atoms with van der Waals surface area (Å²) in [5.41, 5.74) is 2.30. The van der Waals surface area contributed by atoms with Gasteiger partial charge in [0.05, 0.1) is 42.3 Å².